The predicted molar refractivity (Wildman–Crippen MR) is 232 cm³/mol. The van der Waals surface area contributed by atoms with Crippen molar-refractivity contribution in [3.05, 3.63) is 24.3 Å². The van der Waals surface area contributed by atoms with Crippen LogP contribution in [0.25, 0.3) is 0 Å². The van der Waals surface area contributed by atoms with E-state index in [0.29, 0.717) is 19.3 Å². The van der Waals surface area contributed by atoms with E-state index in [0.717, 1.165) is 77.0 Å². The van der Waals surface area contributed by atoms with Crippen LogP contribution in [0.3, 0.4) is 0 Å². The van der Waals surface area contributed by atoms with Gasteiger partial charge in [-0.05, 0) is 77.0 Å². The summed E-state index contributed by atoms with van der Waals surface area (Å²) in [5.41, 5.74) is 0. The lowest BCUT2D eigenvalue weighted by Gasteiger charge is -2.24. The van der Waals surface area contributed by atoms with Gasteiger partial charge in [0, 0.05) is 6.42 Å². The molecule has 0 aromatic carbocycles. The van der Waals surface area contributed by atoms with Crippen molar-refractivity contribution in [3.8, 4) is 0 Å². The van der Waals surface area contributed by atoms with Crippen LogP contribution in [-0.2, 0) is 14.3 Å². The Morgan fingerprint density at radius 1 is 0.519 bits per heavy atom. The Labute approximate surface area is 335 Å². The molecule has 0 aromatic rings. The largest absolute Gasteiger partial charge is 0.462 e. The third-order valence-electron chi connectivity index (χ3n) is 10.8. The smallest absolute Gasteiger partial charge is 0.306 e. The molecule has 0 aliphatic rings. The van der Waals surface area contributed by atoms with Gasteiger partial charge >= 0.3 is 5.97 Å². The molecule has 54 heavy (non-hydrogen) atoms. The Balaban J connectivity index is 4.57. The first-order chi connectivity index (χ1) is 26.5. The van der Waals surface area contributed by atoms with Crippen molar-refractivity contribution >= 4 is 11.9 Å². The average Bonchev–Trinajstić information content (AvgIpc) is 3.16. The number of nitrogens with one attached hydrogen (secondary N) is 1. The molecule has 0 saturated heterocycles. The SMILES string of the molecule is CCCCC/C=C\CCCCCC(CC(=O)NC(CO)C(O)CCCCCCCCCCCCC)OC(=O)CCCCC/C=C\CCCCCCCCC. The highest BCUT2D eigenvalue weighted by molar-refractivity contribution is 5.77. The molecule has 3 atom stereocenters. The number of hydrogen-bond acceptors (Lipinski definition) is 5. The summed E-state index contributed by atoms with van der Waals surface area (Å²) in [6.45, 7) is 6.43. The van der Waals surface area contributed by atoms with Gasteiger partial charge in [-0.2, -0.15) is 0 Å². The summed E-state index contributed by atoms with van der Waals surface area (Å²) in [7, 11) is 0. The van der Waals surface area contributed by atoms with Crippen LogP contribution in [0.5, 0.6) is 0 Å². The minimum absolute atomic E-state index is 0.0638. The van der Waals surface area contributed by atoms with E-state index in [4.69, 9.17) is 4.74 Å². The monoisotopic (exact) mass is 762 g/mol. The molecular formula is C48H91NO5. The molecule has 0 radical (unpaired) electrons. The number of rotatable bonds is 42. The van der Waals surface area contributed by atoms with Gasteiger partial charge in [0.1, 0.15) is 6.10 Å². The van der Waals surface area contributed by atoms with Crippen molar-refractivity contribution in [2.24, 2.45) is 0 Å². The van der Waals surface area contributed by atoms with E-state index >= 15 is 0 Å². The van der Waals surface area contributed by atoms with E-state index in [1.165, 1.54) is 122 Å². The van der Waals surface area contributed by atoms with Crippen LogP contribution in [0.2, 0.25) is 0 Å². The fraction of sp³-hybridized carbons (Fsp3) is 0.875. The number of unbranched alkanes of at least 4 members (excludes halogenated alkanes) is 26. The van der Waals surface area contributed by atoms with Crippen molar-refractivity contribution in [3.63, 3.8) is 0 Å². The summed E-state index contributed by atoms with van der Waals surface area (Å²) in [5, 5.41) is 23.6. The highest BCUT2D eigenvalue weighted by atomic mass is 16.5. The maximum atomic E-state index is 13.1. The standard InChI is InChI=1S/C48H91NO5/c1-4-7-10-13-16-19-22-23-24-26-29-32-35-38-41-48(53)54-44(39-36-33-30-27-21-18-15-12-9-6-3)42-47(52)49-45(43-50)46(51)40-37-34-31-28-25-20-17-14-11-8-5-2/h18,21,24,26,44-46,50-51H,4-17,19-20,22-23,25,27-43H2,1-3H3,(H,49,52)/b21-18-,26-24-. The zero-order valence-electron chi connectivity index (χ0n) is 36.1. The second kappa shape index (κ2) is 42.5. The molecule has 0 aliphatic heterocycles. The van der Waals surface area contributed by atoms with E-state index in [2.05, 4.69) is 50.4 Å². The Morgan fingerprint density at radius 3 is 1.37 bits per heavy atom. The number of aliphatic hydroxyl groups excluding tert-OH is 2. The van der Waals surface area contributed by atoms with Gasteiger partial charge in [0.2, 0.25) is 5.91 Å². The Kier molecular flexibility index (Phi) is 41.2. The summed E-state index contributed by atoms with van der Waals surface area (Å²) in [5.74, 6) is -0.504. The lowest BCUT2D eigenvalue weighted by molar-refractivity contribution is -0.151. The normalized spacial score (nSPS) is 13.5. The van der Waals surface area contributed by atoms with Crippen molar-refractivity contribution < 1.29 is 24.5 Å². The molecule has 6 nitrogen and oxygen atoms in total. The maximum absolute atomic E-state index is 13.1. The average molecular weight is 762 g/mol. The molecular weight excluding hydrogens is 671 g/mol. The van der Waals surface area contributed by atoms with Gasteiger partial charge in [-0.1, -0.05) is 180 Å². The number of ether oxygens (including phenoxy) is 1. The van der Waals surface area contributed by atoms with E-state index in [-0.39, 0.29) is 24.9 Å². The molecule has 318 valence electrons. The van der Waals surface area contributed by atoms with Crippen LogP contribution in [0, 0.1) is 0 Å². The first-order valence-electron chi connectivity index (χ1n) is 23.6. The van der Waals surface area contributed by atoms with Gasteiger partial charge in [0.15, 0.2) is 0 Å². The van der Waals surface area contributed by atoms with Crippen LogP contribution >= 0.6 is 0 Å². The van der Waals surface area contributed by atoms with E-state index < -0.39 is 18.2 Å². The van der Waals surface area contributed by atoms with Gasteiger partial charge in [-0.25, -0.2) is 0 Å². The lowest BCUT2D eigenvalue weighted by atomic mass is 10.0. The molecule has 0 aliphatic carbocycles. The molecule has 0 spiro atoms. The number of amides is 1. The molecule has 1 amide bonds. The number of carbonyl (C=O) groups excluding carboxylic acids is 2. The summed E-state index contributed by atoms with van der Waals surface area (Å²) < 4.78 is 5.88. The zero-order valence-corrected chi connectivity index (χ0v) is 36.1. The van der Waals surface area contributed by atoms with Crippen LogP contribution in [0.15, 0.2) is 24.3 Å². The number of carbonyl (C=O) groups is 2. The molecule has 0 aromatic heterocycles. The molecule has 0 saturated carbocycles. The Bertz CT molecular complexity index is 858. The fourth-order valence-corrected chi connectivity index (χ4v) is 7.12. The molecule has 0 bridgehead atoms. The van der Waals surface area contributed by atoms with Crippen LogP contribution < -0.4 is 5.32 Å². The van der Waals surface area contributed by atoms with Gasteiger partial charge in [-0.15, -0.1) is 0 Å². The summed E-state index contributed by atoms with van der Waals surface area (Å²) in [6.07, 6.45) is 46.7. The summed E-state index contributed by atoms with van der Waals surface area (Å²) >= 11 is 0. The van der Waals surface area contributed by atoms with Gasteiger partial charge in [0.05, 0.1) is 25.2 Å². The number of aliphatic hydroxyl groups is 2. The molecule has 6 heteroatoms. The van der Waals surface area contributed by atoms with E-state index in [9.17, 15) is 19.8 Å². The molecule has 0 heterocycles. The first kappa shape index (κ1) is 52.3. The fourth-order valence-electron chi connectivity index (χ4n) is 7.12. The highest BCUT2D eigenvalue weighted by Gasteiger charge is 2.24. The van der Waals surface area contributed by atoms with E-state index in [1.807, 2.05) is 0 Å². The topological polar surface area (TPSA) is 95.9 Å². The van der Waals surface area contributed by atoms with Crippen LogP contribution in [0.4, 0.5) is 0 Å². The predicted octanol–water partition coefficient (Wildman–Crippen LogP) is 13.6. The second-order valence-electron chi connectivity index (χ2n) is 16.2. The van der Waals surface area contributed by atoms with Crippen LogP contribution in [-0.4, -0.2) is 46.9 Å². The van der Waals surface area contributed by atoms with Crippen molar-refractivity contribution in [2.75, 3.05) is 6.61 Å². The zero-order chi connectivity index (χ0) is 39.6. The van der Waals surface area contributed by atoms with Crippen LogP contribution in [0.1, 0.15) is 245 Å². The number of allylic oxidation sites excluding steroid dienone is 4. The van der Waals surface area contributed by atoms with Gasteiger partial charge in [0.25, 0.3) is 0 Å². The third-order valence-corrected chi connectivity index (χ3v) is 10.8. The third kappa shape index (κ3) is 37.3. The minimum atomic E-state index is -0.788. The number of hydrogen-bond donors (Lipinski definition) is 3. The highest BCUT2D eigenvalue weighted by Crippen LogP contribution is 2.17. The first-order valence-corrected chi connectivity index (χ1v) is 23.6. The van der Waals surface area contributed by atoms with Gasteiger partial charge in [-0.3, -0.25) is 9.59 Å². The molecule has 0 rings (SSSR count). The summed E-state index contributed by atoms with van der Waals surface area (Å²) in [6, 6.07) is -0.703. The molecule has 3 unspecified atom stereocenters. The Hall–Kier alpha value is -1.66. The van der Waals surface area contributed by atoms with Crippen molar-refractivity contribution in [1.82, 2.24) is 5.32 Å². The van der Waals surface area contributed by atoms with Gasteiger partial charge < -0.3 is 20.3 Å². The maximum Gasteiger partial charge on any atom is 0.306 e. The quantitative estimate of drug-likeness (QED) is 0.0327. The van der Waals surface area contributed by atoms with Crippen molar-refractivity contribution in [2.45, 2.75) is 264 Å². The summed E-state index contributed by atoms with van der Waals surface area (Å²) in [4.78, 5) is 26.0. The molecule has 3 N–H and O–H groups in total. The molecule has 0 fully saturated rings. The van der Waals surface area contributed by atoms with Crippen molar-refractivity contribution in [1.29, 1.82) is 0 Å². The Morgan fingerprint density at radius 2 is 0.889 bits per heavy atom. The minimum Gasteiger partial charge on any atom is -0.462 e. The second-order valence-corrected chi connectivity index (χ2v) is 16.2. The number of esters is 1. The lowest BCUT2D eigenvalue weighted by Crippen LogP contribution is -2.46. The van der Waals surface area contributed by atoms with E-state index in [1.54, 1.807) is 0 Å².